The van der Waals surface area contributed by atoms with Gasteiger partial charge in [-0.3, -0.25) is 4.79 Å². The minimum absolute atomic E-state index is 0.277. The number of amides is 1. The average molecular weight is 341 g/mol. The number of hydrogen-bond acceptors (Lipinski definition) is 3. The summed E-state index contributed by atoms with van der Waals surface area (Å²) in [6, 6.07) is 4.90. The van der Waals surface area contributed by atoms with Crippen molar-refractivity contribution in [2.75, 3.05) is 0 Å². The number of nitrogens with zero attached hydrogens (tertiary/aromatic N) is 1. The molecule has 0 aromatic heterocycles. The van der Waals surface area contributed by atoms with Crippen molar-refractivity contribution in [3.63, 3.8) is 0 Å². The van der Waals surface area contributed by atoms with Gasteiger partial charge in [-0.25, -0.2) is 5.43 Å². The quantitative estimate of drug-likeness (QED) is 0.840. The first kappa shape index (κ1) is 15.6. The van der Waals surface area contributed by atoms with E-state index in [-0.39, 0.29) is 5.91 Å². The molecule has 2 aliphatic rings. The average Bonchev–Trinajstić information content (AvgIpc) is 3.10. The number of halogens is 2. The van der Waals surface area contributed by atoms with Crippen molar-refractivity contribution in [1.29, 1.82) is 0 Å². The van der Waals surface area contributed by atoms with Gasteiger partial charge in [0.1, 0.15) is 5.75 Å². The van der Waals surface area contributed by atoms with Crippen LogP contribution in [-0.4, -0.2) is 17.7 Å². The molecular weight excluding hydrogens is 323 g/mol. The van der Waals surface area contributed by atoms with Gasteiger partial charge in [-0.15, -0.1) is 0 Å². The molecule has 0 heterocycles. The largest absolute Gasteiger partial charge is 0.479 e. The number of rotatable bonds is 4. The van der Waals surface area contributed by atoms with E-state index in [4.69, 9.17) is 27.9 Å². The van der Waals surface area contributed by atoms with Crippen LogP contribution in [-0.2, 0) is 4.79 Å². The molecule has 22 heavy (non-hydrogen) atoms. The topological polar surface area (TPSA) is 50.7 Å². The lowest BCUT2D eigenvalue weighted by Crippen LogP contribution is -2.34. The van der Waals surface area contributed by atoms with E-state index in [1.54, 1.807) is 25.1 Å². The zero-order valence-electron chi connectivity index (χ0n) is 12.3. The van der Waals surface area contributed by atoms with E-state index in [1.807, 2.05) is 0 Å². The second-order valence-electron chi connectivity index (χ2n) is 5.99. The second-order valence-corrected chi connectivity index (χ2v) is 6.84. The van der Waals surface area contributed by atoms with Gasteiger partial charge in [-0.2, -0.15) is 5.10 Å². The predicted molar refractivity (Wildman–Crippen MR) is 87.6 cm³/mol. The Morgan fingerprint density at radius 1 is 1.41 bits per heavy atom. The molecule has 1 aromatic carbocycles. The van der Waals surface area contributed by atoms with Crippen molar-refractivity contribution in [3.05, 3.63) is 28.2 Å². The Morgan fingerprint density at radius 2 is 2.23 bits per heavy atom. The van der Waals surface area contributed by atoms with E-state index in [9.17, 15) is 4.79 Å². The Morgan fingerprint density at radius 3 is 2.86 bits per heavy atom. The molecule has 1 aromatic rings. The predicted octanol–water partition coefficient (Wildman–Crippen LogP) is 4.05. The van der Waals surface area contributed by atoms with Crippen LogP contribution in [0.3, 0.4) is 0 Å². The number of carbonyl (C=O) groups excluding carboxylic acids is 1. The van der Waals surface area contributed by atoms with Gasteiger partial charge in [0, 0.05) is 10.7 Å². The molecule has 6 heteroatoms. The Kier molecular flexibility index (Phi) is 4.59. The Hall–Kier alpha value is -1.26. The number of carbonyl (C=O) groups is 1. The number of fused-ring (bicyclic) bond motifs is 2. The summed E-state index contributed by atoms with van der Waals surface area (Å²) in [4.78, 5) is 12.1. The van der Waals surface area contributed by atoms with Gasteiger partial charge >= 0.3 is 0 Å². The summed E-state index contributed by atoms with van der Waals surface area (Å²) >= 11 is 11.9. The number of benzene rings is 1. The minimum atomic E-state index is -0.679. The molecule has 3 atom stereocenters. The molecule has 2 aliphatic carbocycles. The van der Waals surface area contributed by atoms with Crippen LogP contribution in [0.5, 0.6) is 5.75 Å². The summed E-state index contributed by atoms with van der Waals surface area (Å²) in [5.41, 5.74) is 3.74. The maximum absolute atomic E-state index is 12.1. The number of ether oxygens (including phenoxy) is 1. The fourth-order valence-corrected chi connectivity index (χ4v) is 3.65. The molecule has 3 rings (SSSR count). The molecule has 2 saturated carbocycles. The highest BCUT2D eigenvalue weighted by atomic mass is 35.5. The van der Waals surface area contributed by atoms with Gasteiger partial charge in [0.15, 0.2) is 6.10 Å². The maximum atomic E-state index is 12.1. The molecule has 2 fully saturated rings. The highest BCUT2D eigenvalue weighted by Gasteiger charge is 2.36. The standard InChI is InChI=1S/C16H18Cl2N2O2/c1-9(22-15-5-4-12(17)8-13(15)18)16(21)20-19-14-7-10-2-3-11(14)6-10/h4-5,8-11H,2-3,6-7H2,1H3,(H,20,21)/b19-14+/t9-,10+,11+/m0/s1. The SMILES string of the molecule is C[C@H](Oc1ccc(Cl)cc1Cl)C(=O)N/N=C1\C[C@@H]2CC[C@@H]1C2. The first-order chi connectivity index (χ1) is 10.5. The third-order valence-electron chi connectivity index (χ3n) is 4.39. The monoisotopic (exact) mass is 340 g/mol. The van der Waals surface area contributed by atoms with Crippen LogP contribution in [0.15, 0.2) is 23.3 Å². The first-order valence-corrected chi connectivity index (χ1v) is 8.26. The highest BCUT2D eigenvalue weighted by Crippen LogP contribution is 2.42. The molecule has 0 aliphatic heterocycles. The molecule has 4 nitrogen and oxygen atoms in total. The van der Waals surface area contributed by atoms with Crippen LogP contribution in [0.4, 0.5) is 0 Å². The second kappa shape index (κ2) is 6.47. The van der Waals surface area contributed by atoms with Gasteiger partial charge in [-0.05, 0) is 62.6 Å². The lowest BCUT2D eigenvalue weighted by atomic mass is 9.99. The normalized spacial score (nSPS) is 26.2. The Bertz CT molecular complexity index is 618. The van der Waals surface area contributed by atoms with Gasteiger partial charge in [0.2, 0.25) is 0 Å². The third kappa shape index (κ3) is 3.39. The van der Waals surface area contributed by atoms with Crippen LogP contribution in [0.2, 0.25) is 10.0 Å². The minimum Gasteiger partial charge on any atom is -0.479 e. The van der Waals surface area contributed by atoms with Gasteiger partial charge in [0.05, 0.1) is 5.02 Å². The van der Waals surface area contributed by atoms with Gasteiger partial charge in [-0.1, -0.05) is 23.2 Å². The van der Waals surface area contributed by atoms with Crippen LogP contribution in [0.25, 0.3) is 0 Å². The lowest BCUT2D eigenvalue weighted by molar-refractivity contribution is -0.127. The van der Waals surface area contributed by atoms with Crippen molar-refractivity contribution in [2.24, 2.45) is 16.9 Å². The van der Waals surface area contributed by atoms with Crippen LogP contribution in [0.1, 0.15) is 32.6 Å². The molecule has 0 unspecified atom stereocenters. The van der Waals surface area contributed by atoms with Crippen LogP contribution < -0.4 is 10.2 Å². The first-order valence-electron chi connectivity index (χ1n) is 7.51. The fourth-order valence-electron chi connectivity index (χ4n) is 3.19. The zero-order valence-corrected chi connectivity index (χ0v) is 13.8. The summed E-state index contributed by atoms with van der Waals surface area (Å²) in [6.07, 6.45) is 4.06. The van der Waals surface area contributed by atoms with E-state index in [0.29, 0.717) is 21.7 Å². The molecular formula is C16H18Cl2N2O2. The molecule has 1 amide bonds. The Labute approximate surface area is 139 Å². The van der Waals surface area contributed by atoms with Crippen molar-refractivity contribution in [2.45, 2.75) is 38.7 Å². The maximum Gasteiger partial charge on any atom is 0.280 e. The zero-order chi connectivity index (χ0) is 15.7. The van der Waals surface area contributed by atoms with Crippen molar-refractivity contribution in [1.82, 2.24) is 5.43 Å². The fraction of sp³-hybridized carbons (Fsp3) is 0.500. The molecule has 0 radical (unpaired) electrons. The molecule has 0 saturated heterocycles. The van der Waals surface area contributed by atoms with Crippen molar-refractivity contribution >= 4 is 34.8 Å². The lowest BCUT2D eigenvalue weighted by Gasteiger charge is -2.16. The van der Waals surface area contributed by atoms with E-state index in [2.05, 4.69) is 10.5 Å². The van der Waals surface area contributed by atoms with Crippen molar-refractivity contribution < 1.29 is 9.53 Å². The summed E-state index contributed by atoms with van der Waals surface area (Å²) in [5.74, 6) is 1.48. The van der Waals surface area contributed by atoms with E-state index >= 15 is 0 Å². The van der Waals surface area contributed by atoms with E-state index in [0.717, 1.165) is 18.1 Å². The molecule has 118 valence electrons. The number of hydrogen-bond donors (Lipinski definition) is 1. The van der Waals surface area contributed by atoms with Crippen LogP contribution in [0, 0.1) is 11.8 Å². The number of nitrogens with one attached hydrogen (secondary N) is 1. The third-order valence-corrected chi connectivity index (χ3v) is 4.92. The van der Waals surface area contributed by atoms with E-state index in [1.165, 1.54) is 19.3 Å². The van der Waals surface area contributed by atoms with Crippen molar-refractivity contribution in [3.8, 4) is 5.75 Å². The summed E-state index contributed by atoms with van der Waals surface area (Å²) in [5, 5.41) is 5.19. The summed E-state index contributed by atoms with van der Waals surface area (Å²) in [7, 11) is 0. The van der Waals surface area contributed by atoms with Gasteiger partial charge in [0.25, 0.3) is 5.91 Å². The molecule has 2 bridgehead atoms. The number of hydrazone groups is 1. The summed E-state index contributed by atoms with van der Waals surface area (Å²) in [6.45, 7) is 1.67. The van der Waals surface area contributed by atoms with Gasteiger partial charge < -0.3 is 4.74 Å². The smallest absolute Gasteiger partial charge is 0.280 e. The van der Waals surface area contributed by atoms with Crippen LogP contribution >= 0.6 is 23.2 Å². The molecule has 1 N–H and O–H groups in total. The summed E-state index contributed by atoms with van der Waals surface area (Å²) < 4.78 is 5.57. The van der Waals surface area contributed by atoms with E-state index < -0.39 is 6.10 Å². The Balaban J connectivity index is 1.57. The highest BCUT2D eigenvalue weighted by molar-refractivity contribution is 6.35. The molecule has 0 spiro atoms.